The minimum Gasteiger partial charge on any atom is -0.465 e. The first-order valence-corrected chi connectivity index (χ1v) is 8.05. The molecule has 0 aliphatic heterocycles. The van der Waals surface area contributed by atoms with Crippen LogP contribution in [0.2, 0.25) is 0 Å². The van der Waals surface area contributed by atoms with Crippen molar-refractivity contribution in [2.75, 3.05) is 12.4 Å². The van der Waals surface area contributed by atoms with Crippen molar-refractivity contribution < 1.29 is 9.53 Å². The molecular weight excluding hydrogens is 276 g/mol. The van der Waals surface area contributed by atoms with Crippen LogP contribution in [-0.2, 0) is 9.53 Å². The highest BCUT2D eigenvalue weighted by Crippen LogP contribution is 2.26. The molecule has 6 nitrogen and oxygen atoms in total. The summed E-state index contributed by atoms with van der Waals surface area (Å²) in [6.45, 7) is 4.21. The van der Waals surface area contributed by atoms with Crippen LogP contribution in [0, 0.1) is 0 Å². The van der Waals surface area contributed by atoms with Gasteiger partial charge in [0, 0.05) is 11.8 Å². The number of carbonyl (C=O) groups is 1. The summed E-state index contributed by atoms with van der Waals surface area (Å²) in [6, 6.07) is 0.478. The van der Waals surface area contributed by atoms with E-state index in [2.05, 4.69) is 20.5 Å². The molecule has 2 N–H and O–H groups in total. The number of ether oxygens (including phenoxy) is 1. The van der Waals surface area contributed by atoms with E-state index in [4.69, 9.17) is 4.74 Å². The van der Waals surface area contributed by atoms with Gasteiger partial charge in [-0.15, -0.1) is 0 Å². The number of H-pyrrole nitrogens is 1. The van der Waals surface area contributed by atoms with Crippen molar-refractivity contribution in [3.8, 4) is 0 Å². The number of thioether (sulfide) groups is 1. The predicted molar refractivity (Wildman–Crippen MR) is 77.5 cm³/mol. The SMILES string of the molecule is CCOC(=O)C(C)(CCCSc1ncn[nH]1)NC1CC1. The van der Waals surface area contributed by atoms with Gasteiger partial charge in [-0.05, 0) is 39.5 Å². The van der Waals surface area contributed by atoms with Gasteiger partial charge in [0.2, 0.25) is 0 Å². The zero-order chi connectivity index (χ0) is 14.4. The molecule has 112 valence electrons. The van der Waals surface area contributed by atoms with Gasteiger partial charge in [-0.1, -0.05) is 11.8 Å². The molecule has 2 rings (SSSR count). The fraction of sp³-hybridized carbons (Fsp3) is 0.769. The quantitative estimate of drug-likeness (QED) is 0.411. The lowest BCUT2D eigenvalue weighted by Crippen LogP contribution is -2.51. The Morgan fingerprint density at radius 3 is 3.05 bits per heavy atom. The first-order chi connectivity index (χ1) is 9.64. The van der Waals surface area contributed by atoms with Gasteiger partial charge >= 0.3 is 5.97 Å². The zero-order valence-corrected chi connectivity index (χ0v) is 12.8. The van der Waals surface area contributed by atoms with Crippen LogP contribution in [-0.4, -0.2) is 45.1 Å². The smallest absolute Gasteiger partial charge is 0.326 e. The molecule has 0 spiro atoms. The molecule has 1 heterocycles. The van der Waals surface area contributed by atoms with Crippen molar-refractivity contribution in [1.82, 2.24) is 20.5 Å². The van der Waals surface area contributed by atoms with Crippen LogP contribution in [0.5, 0.6) is 0 Å². The fourth-order valence-electron chi connectivity index (χ4n) is 2.06. The number of aromatic amines is 1. The minimum absolute atomic E-state index is 0.142. The second-order valence-electron chi connectivity index (χ2n) is 5.21. The lowest BCUT2D eigenvalue weighted by Gasteiger charge is -2.28. The maximum atomic E-state index is 12.1. The number of hydrogen-bond donors (Lipinski definition) is 2. The molecule has 1 fully saturated rings. The van der Waals surface area contributed by atoms with E-state index in [0.29, 0.717) is 12.6 Å². The number of aromatic nitrogens is 3. The Kier molecular flexibility index (Phi) is 5.42. The van der Waals surface area contributed by atoms with Gasteiger partial charge in [0.1, 0.15) is 11.9 Å². The van der Waals surface area contributed by atoms with E-state index in [-0.39, 0.29) is 5.97 Å². The van der Waals surface area contributed by atoms with E-state index in [0.717, 1.165) is 36.6 Å². The van der Waals surface area contributed by atoms with Crippen molar-refractivity contribution in [3.05, 3.63) is 6.33 Å². The summed E-state index contributed by atoms with van der Waals surface area (Å²) in [6.07, 6.45) is 5.49. The Morgan fingerprint density at radius 1 is 1.65 bits per heavy atom. The molecule has 0 amide bonds. The van der Waals surface area contributed by atoms with E-state index >= 15 is 0 Å². The maximum absolute atomic E-state index is 12.1. The highest BCUT2D eigenvalue weighted by Gasteiger charge is 2.39. The van der Waals surface area contributed by atoms with Gasteiger partial charge < -0.3 is 4.74 Å². The van der Waals surface area contributed by atoms with Crippen molar-refractivity contribution in [1.29, 1.82) is 0 Å². The third kappa shape index (κ3) is 4.49. The average molecular weight is 298 g/mol. The summed E-state index contributed by atoms with van der Waals surface area (Å²) in [5.41, 5.74) is -0.570. The summed E-state index contributed by atoms with van der Waals surface area (Å²) in [5, 5.41) is 10.9. The average Bonchev–Trinajstić information content (AvgIpc) is 3.07. The molecule has 1 saturated carbocycles. The third-order valence-electron chi connectivity index (χ3n) is 3.28. The Hall–Kier alpha value is -1.08. The summed E-state index contributed by atoms with van der Waals surface area (Å²) < 4.78 is 5.20. The number of rotatable bonds is 9. The Labute approximate surface area is 123 Å². The van der Waals surface area contributed by atoms with Crippen molar-refractivity contribution in [2.24, 2.45) is 0 Å². The van der Waals surface area contributed by atoms with Gasteiger partial charge in [-0.25, -0.2) is 4.98 Å². The monoisotopic (exact) mass is 298 g/mol. The summed E-state index contributed by atoms with van der Waals surface area (Å²) in [7, 11) is 0. The molecule has 0 radical (unpaired) electrons. The molecular formula is C13H22N4O2S. The van der Waals surface area contributed by atoms with Crippen molar-refractivity contribution in [2.45, 2.75) is 56.3 Å². The second kappa shape index (κ2) is 7.08. The molecule has 1 aromatic rings. The molecule has 0 aromatic carbocycles. The standard InChI is InChI=1S/C13H22N4O2S/c1-3-19-11(18)13(2,16-10-5-6-10)7-4-8-20-12-14-9-15-17-12/h9-10,16H,3-8H2,1-2H3,(H,14,15,17). The Balaban J connectivity index is 1.78. The molecule has 1 aliphatic carbocycles. The molecule has 0 saturated heterocycles. The number of carbonyl (C=O) groups excluding carboxylic acids is 1. The highest BCUT2D eigenvalue weighted by molar-refractivity contribution is 7.99. The van der Waals surface area contributed by atoms with E-state index in [1.165, 1.54) is 6.33 Å². The number of esters is 1. The highest BCUT2D eigenvalue weighted by atomic mass is 32.2. The lowest BCUT2D eigenvalue weighted by atomic mass is 9.96. The van der Waals surface area contributed by atoms with Gasteiger partial charge in [0.15, 0.2) is 5.16 Å². The topological polar surface area (TPSA) is 79.9 Å². The predicted octanol–water partition coefficient (Wildman–Crippen LogP) is 1.75. The van der Waals surface area contributed by atoms with Crippen molar-refractivity contribution >= 4 is 17.7 Å². The van der Waals surface area contributed by atoms with E-state index in [1.54, 1.807) is 11.8 Å². The Bertz CT molecular complexity index is 422. The van der Waals surface area contributed by atoms with Crippen LogP contribution in [0.4, 0.5) is 0 Å². The van der Waals surface area contributed by atoms with Gasteiger partial charge in [-0.2, -0.15) is 5.10 Å². The van der Waals surface area contributed by atoms with Crippen LogP contribution < -0.4 is 5.32 Å². The second-order valence-corrected chi connectivity index (χ2v) is 6.30. The number of nitrogens with one attached hydrogen (secondary N) is 2. The van der Waals surface area contributed by atoms with Gasteiger partial charge in [0.05, 0.1) is 6.61 Å². The van der Waals surface area contributed by atoms with Crippen LogP contribution in [0.3, 0.4) is 0 Å². The molecule has 1 aliphatic rings. The largest absolute Gasteiger partial charge is 0.465 e. The van der Waals surface area contributed by atoms with Crippen LogP contribution in [0.1, 0.15) is 39.5 Å². The first-order valence-electron chi connectivity index (χ1n) is 7.07. The maximum Gasteiger partial charge on any atom is 0.326 e. The normalized spacial score (nSPS) is 17.7. The van der Waals surface area contributed by atoms with Gasteiger partial charge in [0.25, 0.3) is 0 Å². The molecule has 1 unspecified atom stereocenters. The van der Waals surface area contributed by atoms with Crippen LogP contribution >= 0.6 is 11.8 Å². The fourth-order valence-corrected chi connectivity index (χ4v) is 2.78. The van der Waals surface area contributed by atoms with E-state index in [9.17, 15) is 4.79 Å². The lowest BCUT2D eigenvalue weighted by molar-refractivity contribution is -0.151. The van der Waals surface area contributed by atoms with Gasteiger partial charge in [-0.3, -0.25) is 15.2 Å². The van der Waals surface area contributed by atoms with E-state index < -0.39 is 5.54 Å². The number of nitrogens with zero attached hydrogens (tertiary/aromatic N) is 2. The third-order valence-corrected chi connectivity index (χ3v) is 4.24. The molecule has 0 bridgehead atoms. The van der Waals surface area contributed by atoms with Crippen LogP contribution in [0.25, 0.3) is 0 Å². The molecule has 1 aromatic heterocycles. The molecule has 7 heteroatoms. The molecule has 20 heavy (non-hydrogen) atoms. The first kappa shape index (κ1) is 15.3. The Morgan fingerprint density at radius 2 is 2.45 bits per heavy atom. The summed E-state index contributed by atoms with van der Waals surface area (Å²) in [5.74, 6) is 0.757. The summed E-state index contributed by atoms with van der Waals surface area (Å²) in [4.78, 5) is 16.2. The minimum atomic E-state index is -0.570. The van der Waals surface area contributed by atoms with E-state index in [1.807, 2.05) is 13.8 Å². The van der Waals surface area contributed by atoms with Crippen molar-refractivity contribution in [3.63, 3.8) is 0 Å². The summed E-state index contributed by atoms with van der Waals surface area (Å²) >= 11 is 1.62. The number of hydrogen-bond acceptors (Lipinski definition) is 6. The zero-order valence-electron chi connectivity index (χ0n) is 12.0. The molecule has 1 atom stereocenters. The van der Waals surface area contributed by atoms with Crippen LogP contribution in [0.15, 0.2) is 11.5 Å².